The topological polar surface area (TPSA) is 82.9 Å². The predicted molar refractivity (Wildman–Crippen MR) is 97.8 cm³/mol. The lowest BCUT2D eigenvalue weighted by molar-refractivity contribution is -0.135. The molecule has 2 aliphatic rings. The summed E-state index contributed by atoms with van der Waals surface area (Å²) in [6.07, 6.45) is 1.95. The van der Waals surface area contributed by atoms with Crippen molar-refractivity contribution in [2.45, 2.75) is 6.42 Å². The Morgan fingerprint density at radius 3 is 2.43 bits per heavy atom. The summed E-state index contributed by atoms with van der Waals surface area (Å²) >= 11 is 0. The van der Waals surface area contributed by atoms with Crippen LogP contribution < -0.4 is 5.32 Å². The van der Waals surface area contributed by atoms with Gasteiger partial charge in [0.1, 0.15) is 5.82 Å². The minimum Gasteiger partial charge on any atom is -0.459 e. The number of benzene rings is 1. The fourth-order valence-corrected chi connectivity index (χ4v) is 3.48. The van der Waals surface area contributed by atoms with Gasteiger partial charge in [0.05, 0.1) is 18.1 Å². The van der Waals surface area contributed by atoms with Crippen molar-refractivity contribution in [3.05, 3.63) is 54.2 Å². The van der Waals surface area contributed by atoms with Crippen molar-refractivity contribution in [1.29, 1.82) is 0 Å². The van der Waals surface area contributed by atoms with E-state index >= 15 is 0 Å². The van der Waals surface area contributed by atoms with E-state index in [0.29, 0.717) is 38.3 Å². The second-order valence-electron chi connectivity index (χ2n) is 7.04. The standard InChI is InChI=1S/C20H20FN3O4/c21-13-3-1-4-14(11-13)22-18(25)15-12-16(15)19(26)23-6-8-24(9-7-23)20(27)17-5-2-10-28-17/h1-5,10-11,15-16H,6-9,12H2,(H,22,25). The highest BCUT2D eigenvalue weighted by molar-refractivity contribution is 5.99. The molecule has 1 saturated carbocycles. The van der Waals surface area contributed by atoms with Crippen LogP contribution in [0, 0.1) is 17.7 Å². The molecule has 2 unspecified atom stereocenters. The molecule has 2 heterocycles. The summed E-state index contributed by atoms with van der Waals surface area (Å²) in [6.45, 7) is 1.72. The molecule has 4 rings (SSSR count). The van der Waals surface area contributed by atoms with Gasteiger partial charge in [-0.15, -0.1) is 0 Å². The average Bonchev–Trinajstić information content (AvgIpc) is 3.32. The van der Waals surface area contributed by atoms with Gasteiger partial charge in [0.2, 0.25) is 11.8 Å². The molecule has 28 heavy (non-hydrogen) atoms. The van der Waals surface area contributed by atoms with Crippen molar-refractivity contribution in [1.82, 2.24) is 9.80 Å². The third kappa shape index (κ3) is 3.76. The summed E-state index contributed by atoms with van der Waals surface area (Å²) in [6, 6.07) is 8.95. The van der Waals surface area contributed by atoms with Crippen molar-refractivity contribution in [3.63, 3.8) is 0 Å². The predicted octanol–water partition coefficient (Wildman–Crippen LogP) is 1.98. The first kappa shape index (κ1) is 18.2. The van der Waals surface area contributed by atoms with Crippen LogP contribution in [0.5, 0.6) is 0 Å². The largest absolute Gasteiger partial charge is 0.459 e. The Bertz CT molecular complexity index is 891. The van der Waals surface area contributed by atoms with Crippen LogP contribution in [0.1, 0.15) is 17.0 Å². The quantitative estimate of drug-likeness (QED) is 0.872. The lowest BCUT2D eigenvalue weighted by Gasteiger charge is -2.34. The van der Waals surface area contributed by atoms with E-state index in [-0.39, 0.29) is 29.4 Å². The van der Waals surface area contributed by atoms with E-state index in [1.54, 1.807) is 28.0 Å². The first-order valence-corrected chi connectivity index (χ1v) is 9.21. The monoisotopic (exact) mass is 385 g/mol. The van der Waals surface area contributed by atoms with E-state index in [1.165, 1.54) is 24.5 Å². The van der Waals surface area contributed by atoms with Crippen LogP contribution in [0.4, 0.5) is 10.1 Å². The van der Waals surface area contributed by atoms with Crippen LogP contribution in [-0.4, -0.2) is 53.7 Å². The van der Waals surface area contributed by atoms with Crippen LogP contribution in [0.3, 0.4) is 0 Å². The number of halogens is 1. The van der Waals surface area contributed by atoms with Gasteiger partial charge in [-0.1, -0.05) is 6.07 Å². The zero-order valence-electron chi connectivity index (χ0n) is 15.1. The molecule has 0 radical (unpaired) electrons. The number of hydrogen-bond acceptors (Lipinski definition) is 4. The summed E-state index contributed by atoms with van der Waals surface area (Å²) in [5.74, 6) is -1.39. The molecule has 1 aliphatic heterocycles. The highest BCUT2D eigenvalue weighted by atomic mass is 19.1. The minimum absolute atomic E-state index is 0.0653. The summed E-state index contributed by atoms with van der Waals surface area (Å²) in [5, 5.41) is 2.66. The number of carbonyl (C=O) groups is 3. The molecule has 1 aliphatic carbocycles. The van der Waals surface area contributed by atoms with Crippen LogP contribution in [0.15, 0.2) is 47.1 Å². The molecular formula is C20H20FN3O4. The highest BCUT2D eigenvalue weighted by Crippen LogP contribution is 2.41. The van der Waals surface area contributed by atoms with Crippen molar-refractivity contribution >= 4 is 23.4 Å². The maximum Gasteiger partial charge on any atom is 0.289 e. The van der Waals surface area contributed by atoms with Crippen LogP contribution in [0.25, 0.3) is 0 Å². The molecule has 3 amide bonds. The Balaban J connectivity index is 1.27. The van der Waals surface area contributed by atoms with E-state index in [9.17, 15) is 18.8 Å². The van der Waals surface area contributed by atoms with Gasteiger partial charge >= 0.3 is 0 Å². The van der Waals surface area contributed by atoms with Gasteiger partial charge in [-0.3, -0.25) is 14.4 Å². The fourth-order valence-electron chi connectivity index (χ4n) is 3.48. The number of piperazine rings is 1. The van der Waals surface area contributed by atoms with Crippen LogP contribution in [-0.2, 0) is 9.59 Å². The van der Waals surface area contributed by atoms with E-state index in [1.807, 2.05) is 0 Å². The molecule has 1 aromatic heterocycles. The summed E-state index contributed by atoms with van der Waals surface area (Å²) in [4.78, 5) is 40.6. The molecule has 1 aromatic carbocycles. The maximum absolute atomic E-state index is 13.2. The SMILES string of the molecule is O=C(Nc1cccc(F)c1)C1CC1C(=O)N1CCN(C(=O)c2ccco2)CC1. The first-order valence-electron chi connectivity index (χ1n) is 9.21. The van der Waals surface area contributed by atoms with Gasteiger partial charge in [-0.25, -0.2) is 4.39 Å². The minimum atomic E-state index is -0.428. The zero-order valence-corrected chi connectivity index (χ0v) is 15.1. The number of nitrogens with zero attached hydrogens (tertiary/aromatic N) is 2. The molecule has 0 bridgehead atoms. The number of furan rings is 1. The number of anilines is 1. The highest BCUT2D eigenvalue weighted by Gasteiger charge is 2.49. The third-order valence-electron chi connectivity index (χ3n) is 5.15. The van der Waals surface area contributed by atoms with Crippen molar-refractivity contribution < 1.29 is 23.2 Å². The summed E-state index contributed by atoms with van der Waals surface area (Å²) < 4.78 is 18.3. The number of nitrogens with one attached hydrogen (secondary N) is 1. The average molecular weight is 385 g/mol. The molecule has 1 saturated heterocycles. The molecule has 8 heteroatoms. The molecule has 7 nitrogen and oxygen atoms in total. The normalized spacial score (nSPS) is 21.3. The van der Waals surface area contributed by atoms with E-state index in [2.05, 4.69) is 5.32 Å². The zero-order chi connectivity index (χ0) is 19.7. The molecule has 0 spiro atoms. The van der Waals surface area contributed by atoms with Crippen LogP contribution in [0.2, 0.25) is 0 Å². The number of amides is 3. The second-order valence-corrected chi connectivity index (χ2v) is 7.04. The van der Waals surface area contributed by atoms with Gasteiger partial charge in [0, 0.05) is 31.9 Å². The van der Waals surface area contributed by atoms with E-state index < -0.39 is 11.7 Å². The van der Waals surface area contributed by atoms with Crippen molar-refractivity contribution in [2.24, 2.45) is 11.8 Å². The van der Waals surface area contributed by atoms with E-state index in [4.69, 9.17) is 4.42 Å². The fraction of sp³-hybridized carbons (Fsp3) is 0.350. The maximum atomic E-state index is 13.2. The Labute approximate surface area is 161 Å². The number of rotatable bonds is 4. The Hall–Kier alpha value is -3.16. The number of hydrogen-bond donors (Lipinski definition) is 1. The molecule has 2 fully saturated rings. The van der Waals surface area contributed by atoms with Gasteiger partial charge in [-0.2, -0.15) is 0 Å². The third-order valence-corrected chi connectivity index (χ3v) is 5.15. The number of carbonyl (C=O) groups excluding carboxylic acids is 3. The molecule has 1 N–H and O–H groups in total. The van der Waals surface area contributed by atoms with Gasteiger partial charge < -0.3 is 19.5 Å². The van der Waals surface area contributed by atoms with Gasteiger partial charge in [0.15, 0.2) is 5.76 Å². The van der Waals surface area contributed by atoms with Crippen LogP contribution >= 0.6 is 0 Å². The lowest BCUT2D eigenvalue weighted by Crippen LogP contribution is -2.51. The van der Waals surface area contributed by atoms with Crippen molar-refractivity contribution in [2.75, 3.05) is 31.5 Å². The second kappa shape index (κ2) is 7.46. The first-order chi connectivity index (χ1) is 13.5. The molecule has 146 valence electrons. The molecular weight excluding hydrogens is 365 g/mol. The summed E-state index contributed by atoms with van der Waals surface area (Å²) in [7, 11) is 0. The van der Waals surface area contributed by atoms with Crippen molar-refractivity contribution in [3.8, 4) is 0 Å². The van der Waals surface area contributed by atoms with Gasteiger partial charge in [-0.05, 0) is 36.8 Å². The molecule has 2 aromatic rings. The smallest absolute Gasteiger partial charge is 0.289 e. The van der Waals surface area contributed by atoms with Gasteiger partial charge in [0.25, 0.3) is 5.91 Å². The Morgan fingerprint density at radius 2 is 1.75 bits per heavy atom. The Morgan fingerprint density at radius 1 is 1.00 bits per heavy atom. The molecule has 2 atom stereocenters. The summed E-state index contributed by atoms with van der Waals surface area (Å²) in [5.41, 5.74) is 0.383. The Kier molecular flexibility index (Phi) is 4.85. The lowest BCUT2D eigenvalue weighted by atomic mass is 10.2. The van der Waals surface area contributed by atoms with E-state index in [0.717, 1.165) is 0 Å².